The highest BCUT2D eigenvalue weighted by Gasteiger charge is 1.83. The van der Waals surface area contributed by atoms with E-state index < -0.39 is 0 Å². The molecular weight excluding hydrogens is 179 g/mol. The van der Waals surface area contributed by atoms with Gasteiger partial charge >= 0.3 is 0 Å². The number of aliphatic hydroxyl groups is 1. The SMILES string of the molecule is CC.CC.CO.Cc1ccc(F)cc1. The summed E-state index contributed by atoms with van der Waals surface area (Å²) in [6.07, 6.45) is 0. The van der Waals surface area contributed by atoms with Crippen molar-refractivity contribution in [2.24, 2.45) is 0 Å². The van der Waals surface area contributed by atoms with Crippen molar-refractivity contribution >= 4 is 0 Å². The van der Waals surface area contributed by atoms with E-state index in [9.17, 15) is 4.39 Å². The van der Waals surface area contributed by atoms with Gasteiger partial charge < -0.3 is 5.11 Å². The summed E-state index contributed by atoms with van der Waals surface area (Å²) < 4.78 is 12.1. The van der Waals surface area contributed by atoms with Crippen molar-refractivity contribution in [1.29, 1.82) is 0 Å². The minimum absolute atomic E-state index is 0.171. The van der Waals surface area contributed by atoms with E-state index in [1.54, 1.807) is 12.1 Å². The van der Waals surface area contributed by atoms with Crippen LogP contribution in [0.3, 0.4) is 0 Å². The second-order valence-corrected chi connectivity index (χ2v) is 1.80. The second-order valence-electron chi connectivity index (χ2n) is 1.80. The molecule has 0 aliphatic carbocycles. The van der Waals surface area contributed by atoms with Gasteiger partial charge in [0, 0.05) is 7.11 Å². The Morgan fingerprint density at radius 3 is 1.36 bits per heavy atom. The standard InChI is InChI=1S/C7H7F.2C2H6.CH4O/c1-6-2-4-7(8)5-3-6;3*1-2/h2-5H,1H3;2*1-2H3;2H,1H3. The van der Waals surface area contributed by atoms with Gasteiger partial charge in [0.1, 0.15) is 5.82 Å². The van der Waals surface area contributed by atoms with E-state index in [1.807, 2.05) is 34.6 Å². The Kier molecular flexibility index (Phi) is 24.2. The van der Waals surface area contributed by atoms with Crippen LogP contribution in [0.4, 0.5) is 4.39 Å². The van der Waals surface area contributed by atoms with Crippen molar-refractivity contribution in [3.63, 3.8) is 0 Å². The van der Waals surface area contributed by atoms with Crippen LogP contribution in [0.2, 0.25) is 0 Å². The van der Waals surface area contributed by atoms with Gasteiger partial charge in [0.2, 0.25) is 0 Å². The molecule has 0 saturated heterocycles. The lowest BCUT2D eigenvalue weighted by Crippen LogP contribution is -1.71. The van der Waals surface area contributed by atoms with E-state index in [1.165, 1.54) is 12.1 Å². The molecule has 0 bridgehead atoms. The van der Waals surface area contributed by atoms with Gasteiger partial charge in [-0.1, -0.05) is 45.4 Å². The summed E-state index contributed by atoms with van der Waals surface area (Å²) in [5.74, 6) is -0.171. The Morgan fingerprint density at radius 2 is 1.14 bits per heavy atom. The Hall–Kier alpha value is -0.890. The van der Waals surface area contributed by atoms with Crippen molar-refractivity contribution < 1.29 is 9.50 Å². The molecule has 0 unspecified atom stereocenters. The quantitative estimate of drug-likeness (QED) is 0.678. The largest absolute Gasteiger partial charge is 0.400 e. The highest BCUT2D eigenvalue weighted by Crippen LogP contribution is 1.98. The fourth-order valence-corrected chi connectivity index (χ4v) is 0.533. The number of halogens is 1. The first kappa shape index (κ1) is 18.8. The van der Waals surface area contributed by atoms with Gasteiger partial charge in [-0.3, -0.25) is 0 Å². The van der Waals surface area contributed by atoms with Gasteiger partial charge in [0.25, 0.3) is 0 Å². The maximum Gasteiger partial charge on any atom is 0.123 e. The number of rotatable bonds is 0. The summed E-state index contributed by atoms with van der Waals surface area (Å²) in [5.41, 5.74) is 1.09. The molecule has 0 saturated carbocycles. The molecule has 0 aliphatic rings. The van der Waals surface area contributed by atoms with Crippen LogP contribution in [0.25, 0.3) is 0 Å². The van der Waals surface area contributed by atoms with Gasteiger partial charge in [-0.25, -0.2) is 4.39 Å². The molecule has 2 heteroatoms. The Bertz CT molecular complexity index is 149. The molecule has 1 N–H and O–H groups in total. The molecule has 84 valence electrons. The van der Waals surface area contributed by atoms with Gasteiger partial charge in [0.05, 0.1) is 0 Å². The average molecular weight is 202 g/mol. The zero-order valence-corrected chi connectivity index (χ0v) is 10.1. The molecular formula is C12H23FO. The molecule has 1 nitrogen and oxygen atoms in total. The molecule has 0 heterocycles. The van der Waals surface area contributed by atoms with Crippen LogP contribution < -0.4 is 0 Å². The summed E-state index contributed by atoms with van der Waals surface area (Å²) >= 11 is 0. The summed E-state index contributed by atoms with van der Waals surface area (Å²) in [4.78, 5) is 0. The predicted octanol–water partition coefficient (Wildman–Crippen LogP) is 3.80. The number of aliphatic hydroxyl groups excluding tert-OH is 1. The molecule has 1 aromatic carbocycles. The first-order valence-corrected chi connectivity index (χ1v) is 4.96. The predicted molar refractivity (Wildman–Crippen MR) is 62.0 cm³/mol. The fourth-order valence-electron chi connectivity index (χ4n) is 0.533. The van der Waals surface area contributed by atoms with E-state index in [4.69, 9.17) is 5.11 Å². The van der Waals surface area contributed by atoms with E-state index >= 15 is 0 Å². The van der Waals surface area contributed by atoms with Crippen molar-refractivity contribution in [3.05, 3.63) is 35.6 Å². The van der Waals surface area contributed by atoms with Crippen LogP contribution in [0.5, 0.6) is 0 Å². The molecule has 14 heavy (non-hydrogen) atoms. The van der Waals surface area contributed by atoms with Crippen molar-refractivity contribution in [1.82, 2.24) is 0 Å². The Labute approximate surface area is 87.6 Å². The third kappa shape index (κ3) is 13.7. The van der Waals surface area contributed by atoms with Gasteiger partial charge in [-0.05, 0) is 19.1 Å². The van der Waals surface area contributed by atoms with E-state index in [-0.39, 0.29) is 5.82 Å². The van der Waals surface area contributed by atoms with E-state index in [0.717, 1.165) is 12.7 Å². The van der Waals surface area contributed by atoms with Gasteiger partial charge in [0.15, 0.2) is 0 Å². The molecule has 0 amide bonds. The zero-order chi connectivity index (χ0) is 12.0. The highest BCUT2D eigenvalue weighted by molar-refractivity contribution is 5.13. The molecule has 0 spiro atoms. The van der Waals surface area contributed by atoms with Gasteiger partial charge in [-0.15, -0.1) is 0 Å². The van der Waals surface area contributed by atoms with Crippen LogP contribution in [-0.2, 0) is 0 Å². The number of hydrogen-bond donors (Lipinski definition) is 1. The van der Waals surface area contributed by atoms with Crippen LogP contribution in [0.15, 0.2) is 24.3 Å². The Morgan fingerprint density at radius 1 is 0.857 bits per heavy atom. The first-order chi connectivity index (χ1) is 6.79. The molecule has 0 radical (unpaired) electrons. The summed E-state index contributed by atoms with van der Waals surface area (Å²) in [7, 11) is 1.00. The fraction of sp³-hybridized carbons (Fsp3) is 0.500. The van der Waals surface area contributed by atoms with Crippen LogP contribution in [-0.4, -0.2) is 12.2 Å². The number of aryl methyl sites for hydroxylation is 1. The van der Waals surface area contributed by atoms with E-state index in [0.29, 0.717) is 0 Å². The lowest BCUT2D eigenvalue weighted by molar-refractivity contribution is 0.399. The maximum absolute atomic E-state index is 12.1. The summed E-state index contributed by atoms with van der Waals surface area (Å²) in [5, 5.41) is 7.00. The van der Waals surface area contributed by atoms with E-state index in [2.05, 4.69) is 0 Å². The zero-order valence-electron chi connectivity index (χ0n) is 10.1. The lowest BCUT2D eigenvalue weighted by atomic mass is 10.2. The Balaban J connectivity index is -0.000000174. The third-order valence-corrected chi connectivity index (χ3v) is 1.01. The molecule has 0 aliphatic heterocycles. The molecule has 1 rings (SSSR count). The highest BCUT2D eigenvalue weighted by atomic mass is 19.1. The minimum atomic E-state index is -0.171. The topological polar surface area (TPSA) is 20.2 Å². The minimum Gasteiger partial charge on any atom is -0.400 e. The lowest BCUT2D eigenvalue weighted by Gasteiger charge is -1.87. The monoisotopic (exact) mass is 202 g/mol. The van der Waals surface area contributed by atoms with Crippen molar-refractivity contribution in [2.75, 3.05) is 7.11 Å². The molecule has 0 fully saturated rings. The van der Waals surface area contributed by atoms with Crippen molar-refractivity contribution in [2.45, 2.75) is 34.6 Å². The number of benzene rings is 1. The van der Waals surface area contributed by atoms with Crippen LogP contribution in [0, 0.1) is 12.7 Å². The van der Waals surface area contributed by atoms with Crippen LogP contribution >= 0.6 is 0 Å². The molecule has 1 aromatic rings. The van der Waals surface area contributed by atoms with Crippen molar-refractivity contribution in [3.8, 4) is 0 Å². The normalized spacial score (nSPS) is 6.57. The molecule has 0 aromatic heterocycles. The van der Waals surface area contributed by atoms with Crippen LogP contribution in [0.1, 0.15) is 33.3 Å². The smallest absolute Gasteiger partial charge is 0.123 e. The summed E-state index contributed by atoms with van der Waals surface area (Å²) in [6.45, 7) is 9.93. The van der Waals surface area contributed by atoms with Gasteiger partial charge in [-0.2, -0.15) is 0 Å². The third-order valence-electron chi connectivity index (χ3n) is 1.01. The first-order valence-electron chi connectivity index (χ1n) is 4.96. The maximum atomic E-state index is 12.1. The second kappa shape index (κ2) is 18.0. The summed E-state index contributed by atoms with van der Waals surface area (Å²) in [6, 6.07) is 6.40. The number of hydrogen-bond acceptors (Lipinski definition) is 1. The molecule has 0 atom stereocenters. The average Bonchev–Trinajstić information content (AvgIpc) is 2.31.